The van der Waals surface area contributed by atoms with Gasteiger partial charge in [0.15, 0.2) is 0 Å². The summed E-state index contributed by atoms with van der Waals surface area (Å²) in [5.41, 5.74) is 0.940. The van der Waals surface area contributed by atoms with Gasteiger partial charge in [-0.1, -0.05) is 0 Å². The van der Waals surface area contributed by atoms with Gasteiger partial charge in [0.1, 0.15) is 6.61 Å². The van der Waals surface area contributed by atoms with Crippen molar-refractivity contribution in [2.75, 3.05) is 33.5 Å². The zero-order chi connectivity index (χ0) is 13.3. The van der Waals surface area contributed by atoms with Crippen molar-refractivity contribution in [2.24, 2.45) is 0 Å². The standard InChI is InChI=1S/C13H21N3O3/c1-17-4-5-18-6-7-19-13-10-15-12(9-16-13)8-14-11-2-3-11/h9-11,14H,2-8H2,1H3. The summed E-state index contributed by atoms with van der Waals surface area (Å²) >= 11 is 0. The highest BCUT2D eigenvalue weighted by Gasteiger charge is 2.20. The molecule has 1 saturated carbocycles. The monoisotopic (exact) mass is 267 g/mol. The van der Waals surface area contributed by atoms with Gasteiger partial charge in [-0.25, -0.2) is 4.98 Å². The van der Waals surface area contributed by atoms with Crippen molar-refractivity contribution in [3.63, 3.8) is 0 Å². The number of nitrogens with one attached hydrogen (secondary N) is 1. The number of aromatic nitrogens is 2. The average molecular weight is 267 g/mol. The molecular formula is C13H21N3O3. The summed E-state index contributed by atoms with van der Waals surface area (Å²) in [6, 6.07) is 0.682. The van der Waals surface area contributed by atoms with Crippen LogP contribution in [0.3, 0.4) is 0 Å². The van der Waals surface area contributed by atoms with Crippen molar-refractivity contribution in [3.8, 4) is 5.88 Å². The van der Waals surface area contributed by atoms with Gasteiger partial charge in [-0.2, -0.15) is 0 Å². The molecule has 106 valence electrons. The second-order valence-electron chi connectivity index (χ2n) is 4.45. The highest BCUT2D eigenvalue weighted by atomic mass is 16.5. The highest BCUT2D eigenvalue weighted by molar-refractivity contribution is 5.07. The maximum absolute atomic E-state index is 5.42. The molecule has 0 bridgehead atoms. The van der Waals surface area contributed by atoms with Crippen molar-refractivity contribution < 1.29 is 14.2 Å². The van der Waals surface area contributed by atoms with Crippen LogP contribution in [0.5, 0.6) is 5.88 Å². The second kappa shape index (κ2) is 8.04. The van der Waals surface area contributed by atoms with E-state index in [1.54, 1.807) is 19.5 Å². The zero-order valence-corrected chi connectivity index (χ0v) is 11.3. The lowest BCUT2D eigenvalue weighted by Crippen LogP contribution is -2.16. The molecule has 1 aliphatic carbocycles. The van der Waals surface area contributed by atoms with Gasteiger partial charge in [0.2, 0.25) is 5.88 Å². The normalized spacial score (nSPS) is 14.6. The number of hydrogen-bond donors (Lipinski definition) is 1. The number of rotatable bonds is 10. The fourth-order valence-corrected chi connectivity index (χ4v) is 1.49. The summed E-state index contributed by atoms with van der Waals surface area (Å²) in [6.07, 6.45) is 5.95. The Hall–Kier alpha value is -1.24. The number of methoxy groups -OCH3 is 1. The molecule has 1 heterocycles. The van der Waals surface area contributed by atoms with E-state index < -0.39 is 0 Å². The minimum absolute atomic E-state index is 0.470. The summed E-state index contributed by atoms with van der Waals surface area (Å²) in [5.74, 6) is 0.533. The van der Waals surface area contributed by atoms with E-state index in [0.717, 1.165) is 12.2 Å². The van der Waals surface area contributed by atoms with Gasteiger partial charge in [-0.05, 0) is 12.8 Å². The third-order valence-electron chi connectivity index (χ3n) is 2.74. The molecule has 0 spiro atoms. The molecule has 0 amide bonds. The van der Waals surface area contributed by atoms with Crippen LogP contribution in [-0.2, 0) is 16.0 Å². The molecule has 0 radical (unpaired) electrons. The lowest BCUT2D eigenvalue weighted by atomic mass is 10.4. The Morgan fingerprint density at radius 3 is 2.68 bits per heavy atom. The van der Waals surface area contributed by atoms with Gasteiger partial charge in [0.05, 0.1) is 37.9 Å². The first-order valence-corrected chi connectivity index (χ1v) is 6.62. The van der Waals surface area contributed by atoms with Gasteiger partial charge in [-0.3, -0.25) is 4.98 Å². The van der Waals surface area contributed by atoms with Crippen LogP contribution in [0.25, 0.3) is 0 Å². The first-order valence-electron chi connectivity index (χ1n) is 6.62. The van der Waals surface area contributed by atoms with Crippen molar-refractivity contribution in [2.45, 2.75) is 25.4 Å². The highest BCUT2D eigenvalue weighted by Crippen LogP contribution is 2.18. The van der Waals surface area contributed by atoms with Crippen LogP contribution >= 0.6 is 0 Å². The average Bonchev–Trinajstić information content (AvgIpc) is 3.26. The molecule has 0 atom stereocenters. The summed E-state index contributed by atoms with van der Waals surface area (Å²) < 4.78 is 15.6. The molecule has 6 nitrogen and oxygen atoms in total. The molecule has 0 unspecified atom stereocenters. The van der Waals surface area contributed by atoms with Crippen LogP contribution in [0.4, 0.5) is 0 Å². The number of ether oxygens (including phenoxy) is 3. The Labute approximate surface area is 113 Å². The van der Waals surface area contributed by atoms with E-state index in [1.165, 1.54) is 12.8 Å². The summed E-state index contributed by atoms with van der Waals surface area (Å²) in [6.45, 7) is 2.95. The molecule has 1 aliphatic rings. The Balaban J connectivity index is 1.58. The molecule has 19 heavy (non-hydrogen) atoms. The summed E-state index contributed by atoms with van der Waals surface area (Å²) in [4.78, 5) is 8.50. The quantitative estimate of drug-likeness (QED) is 0.632. The van der Waals surface area contributed by atoms with E-state index in [2.05, 4.69) is 15.3 Å². The first-order chi connectivity index (χ1) is 9.38. The predicted molar refractivity (Wildman–Crippen MR) is 70.1 cm³/mol. The Morgan fingerprint density at radius 2 is 2.00 bits per heavy atom. The third kappa shape index (κ3) is 5.96. The van der Waals surface area contributed by atoms with Crippen LogP contribution in [0, 0.1) is 0 Å². The van der Waals surface area contributed by atoms with Crippen LogP contribution in [0.15, 0.2) is 12.4 Å². The Kier molecular flexibility index (Phi) is 6.00. The lowest BCUT2D eigenvalue weighted by molar-refractivity contribution is 0.0536. The number of hydrogen-bond acceptors (Lipinski definition) is 6. The van der Waals surface area contributed by atoms with Crippen molar-refractivity contribution in [1.29, 1.82) is 0 Å². The van der Waals surface area contributed by atoms with Crippen molar-refractivity contribution in [1.82, 2.24) is 15.3 Å². The SMILES string of the molecule is COCCOCCOc1cnc(CNC2CC2)cn1. The van der Waals surface area contributed by atoms with Gasteiger partial charge < -0.3 is 19.5 Å². The zero-order valence-electron chi connectivity index (χ0n) is 11.3. The molecule has 1 aromatic heterocycles. The van der Waals surface area contributed by atoms with Gasteiger partial charge >= 0.3 is 0 Å². The Bertz CT molecular complexity index is 355. The summed E-state index contributed by atoms with van der Waals surface area (Å²) in [7, 11) is 1.65. The first kappa shape index (κ1) is 14.2. The van der Waals surface area contributed by atoms with E-state index in [-0.39, 0.29) is 0 Å². The number of nitrogens with zero attached hydrogens (tertiary/aromatic N) is 2. The maximum Gasteiger partial charge on any atom is 0.232 e. The van der Waals surface area contributed by atoms with Crippen LogP contribution in [0.1, 0.15) is 18.5 Å². The fourth-order valence-electron chi connectivity index (χ4n) is 1.49. The smallest absolute Gasteiger partial charge is 0.232 e. The largest absolute Gasteiger partial charge is 0.474 e. The topological polar surface area (TPSA) is 65.5 Å². The van der Waals surface area contributed by atoms with Crippen LogP contribution in [-0.4, -0.2) is 49.5 Å². The van der Waals surface area contributed by atoms with E-state index >= 15 is 0 Å². The lowest BCUT2D eigenvalue weighted by Gasteiger charge is -2.06. The van der Waals surface area contributed by atoms with Crippen LogP contribution < -0.4 is 10.1 Å². The van der Waals surface area contributed by atoms with Crippen molar-refractivity contribution >= 4 is 0 Å². The van der Waals surface area contributed by atoms with Gasteiger partial charge in [0, 0.05) is 19.7 Å². The fraction of sp³-hybridized carbons (Fsp3) is 0.692. The molecule has 2 rings (SSSR count). The minimum atomic E-state index is 0.470. The van der Waals surface area contributed by atoms with E-state index in [9.17, 15) is 0 Å². The molecule has 0 saturated heterocycles. The second-order valence-corrected chi connectivity index (χ2v) is 4.45. The predicted octanol–water partition coefficient (Wildman–Crippen LogP) is 0.770. The summed E-state index contributed by atoms with van der Waals surface area (Å²) in [5, 5.41) is 3.39. The van der Waals surface area contributed by atoms with Crippen molar-refractivity contribution in [3.05, 3.63) is 18.1 Å². The molecule has 1 fully saturated rings. The molecule has 1 N–H and O–H groups in total. The van der Waals surface area contributed by atoms with E-state index in [1.807, 2.05) is 0 Å². The van der Waals surface area contributed by atoms with Crippen LogP contribution in [0.2, 0.25) is 0 Å². The molecule has 6 heteroatoms. The third-order valence-corrected chi connectivity index (χ3v) is 2.74. The van der Waals surface area contributed by atoms with E-state index in [4.69, 9.17) is 14.2 Å². The molecule has 0 aliphatic heterocycles. The Morgan fingerprint density at radius 1 is 1.16 bits per heavy atom. The minimum Gasteiger partial charge on any atom is -0.474 e. The molecule has 1 aromatic rings. The van der Waals surface area contributed by atoms with Gasteiger partial charge in [0.25, 0.3) is 0 Å². The molecule has 0 aromatic carbocycles. The maximum atomic E-state index is 5.42. The molecular weight excluding hydrogens is 246 g/mol. The van der Waals surface area contributed by atoms with Gasteiger partial charge in [-0.15, -0.1) is 0 Å². The van der Waals surface area contributed by atoms with E-state index in [0.29, 0.717) is 38.3 Å².